The summed E-state index contributed by atoms with van der Waals surface area (Å²) in [7, 11) is 0. The van der Waals surface area contributed by atoms with E-state index in [2.05, 4.69) is 0 Å². The van der Waals surface area contributed by atoms with Gasteiger partial charge in [0.2, 0.25) is 0 Å². The van der Waals surface area contributed by atoms with Gasteiger partial charge in [-0.25, -0.2) is 0 Å². The molecule has 0 unspecified atom stereocenters. The number of benzene rings is 2. The van der Waals surface area contributed by atoms with Crippen LogP contribution in [0.25, 0.3) is 6.08 Å². The fraction of sp³-hybridized carbons (Fsp3) is 0.111. The highest BCUT2D eigenvalue weighted by molar-refractivity contribution is 6.15. The maximum Gasteiger partial charge on any atom is 0.471 e. The number of nitrogens with one attached hydrogen (secondary N) is 1. The average Bonchev–Trinajstić information content (AvgIpc) is 2.83. The lowest BCUT2D eigenvalue weighted by molar-refractivity contribution is -0.167. The van der Waals surface area contributed by atoms with Gasteiger partial charge in [-0.15, -0.1) is 0 Å². The van der Waals surface area contributed by atoms with E-state index in [0.29, 0.717) is 23.1 Å². The van der Waals surface area contributed by atoms with Crippen molar-refractivity contribution in [2.24, 2.45) is 0 Å². The predicted molar refractivity (Wildman–Crippen MR) is 83.6 cm³/mol. The molecule has 6 heteroatoms. The van der Waals surface area contributed by atoms with E-state index < -0.39 is 12.1 Å². The van der Waals surface area contributed by atoms with E-state index in [9.17, 15) is 22.8 Å². The second-order valence-electron chi connectivity index (χ2n) is 5.41. The van der Waals surface area contributed by atoms with Gasteiger partial charge in [0.15, 0.2) is 5.78 Å². The standard InChI is InChI=1S/C18H12F3NO2/c19-18(20,21)17(24)22-14-6-3-4-11(9-14)8-13-10-12-5-1-2-7-15(12)16(13)23/h1-9H,10H2,(H,22,24)/b13-8+. The van der Waals surface area contributed by atoms with E-state index in [1.54, 1.807) is 29.6 Å². The van der Waals surface area contributed by atoms with Crippen molar-refractivity contribution in [3.63, 3.8) is 0 Å². The topological polar surface area (TPSA) is 46.2 Å². The maximum atomic E-state index is 12.3. The SMILES string of the molecule is O=C1/C(=C/c2cccc(NC(=O)C(F)(F)F)c2)Cc2ccccc21. The van der Waals surface area contributed by atoms with E-state index in [1.807, 2.05) is 12.1 Å². The number of allylic oxidation sites excluding steroid dienone is 1. The van der Waals surface area contributed by atoms with E-state index in [0.717, 1.165) is 5.56 Å². The van der Waals surface area contributed by atoms with Crippen molar-refractivity contribution < 1.29 is 22.8 Å². The fourth-order valence-electron chi connectivity index (χ4n) is 2.58. The summed E-state index contributed by atoms with van der Waals surface area (Å²) < 4.78 is 36.9. The number of Topliss-reactive ketones (excluding diaryl/α,β-unsaturated/α-hetero) is 1. The third kappa shape index (κ3) is 3.22. The number of fused-ring (bicyclic) bond motifs is 1. The number of alkyl halides is 3. The van der Waals surface area contributed by atoms with Crippen molar-refractivity contribution in [1.82, 2.24) is 0 Å². The van der Waals surface area contributed by atoms with Gasteiger partial charge in [0, 0.05) is 23.2 Å². The molecule has 1 aliphatic rings. The van der Waals surface area contributed by atoms with Crippen LogP contribution in [0.1, 0.15) is 21.5 Å². The van der Waals surface area contributed by atoms with Crippen LogP contribution in [0.4, 0.5) is 18.9 Å². The molecule has 0 saturated carbocycles. The van der Waals surface area contributed by atoms with Crippen molar-refractivity contribution in [1.29, 1.82) is 0 Å². The normalized spacial score (nSPS) is 15.5. The smallest absolute Gasteiger partial charge is 0.318 e. The van der Waals surface area contributed by atoms with Crippen LogP contribution >= 0.6 is 0 Å². The first-order valence-corrected chi connectivity index (χ1v) is 7.16. The van der Waals surface area contributed by atoms with Gasteiger partial charge in [0.05, 0.1) is 0 Å². The van der Waals surface area contributed by atoms with E-state index in [4.69, 9.17) is 0 Å². The molecule has 0 bridgehead atoms. The van der Waals surface area contributed by atoms with Gasteiger partial charge in [-0.1, -0.05) is 36.4 Å². The highest BCUT2D eigenvalue weighted by Gasteiger charge is 2.38. The minimum atomic E-state index is -4.95. The molecular weight excluding hydrogens is 319 g/mol. The third-order valence-electron chi connectivity index (χ3n) is 3.68. The van der Waals surface area contributed by atoms with E-state index in [1.165, 1.54) is 18.2 Å². The summed E-state index contributed by atoms with van der Waals surface area (Å²) in [5, 5.41) is 1.80. The molecule has 1 N–H and O–H groups in total. The molecule has 24 heavy (non-hydrogen) atoms. The van der Waals surface area contributed by atoms with Crippen LogP contribution in [0, 0.1) is 0 Å². The molecule has 1 amide bonds. The third-order valence-corrected chi connectivity index (χ3v) is 3.68. The number of amides is 1. The molecule has 0 aliphatic heterocycles. The first-order chi connectivity index (χ1) is 11.3. The Morgan fingerprint density at radius 2 is 1.83 bits per heavy atom. The molecule has 3 nitrogen and oxygen atoms in total. The van der Waals surface area contributed by atoms with Crippen LogP contribution in [0.3, 0.4) is 0 Å². The zero-order chi connectivity index (χ0) is 17.3. The summed E-state index contributed by atoms with van der Waals surface area (Å²) in [6.07, 6.45) is -2.84. The lowest BCUT2D eigenvalue weighted by Gasteiger charge is -2.08. The number of hydrogen-bond donors (Lipinski definition) is 1. The lowest BCUT2D eigenvalue weighted by Crippen LogP contribution is -2.29. The average molecular weight is 331 g/mol. The number of halogens is 3. The van der Waals surface area contributed by atoms with Crippen molar-refractivity contribution in [2.45, 2.75) is 12.6 Å². The fourth-order valence-corrected chi connectivity index (χ4v) is 2.58. The molecule has 122 valence electrons. The minimum Gasteiger partial charge on any atom is -0.318 e. The lowest BCUT2D eigenvalue weighted by atomic mass is 10.1. The predicted octanol–water partition coefficient (Wildman–Crippen LogP) is 4.01. The molecule has 1 aliphatic carbocycles. The van der Waals surface area contributed by atoms with Crippen molar-refractivity contribution >= 4 is 23.5 Å². The molecule has 0 aromatic heterocycles. The van der Waals surface area contributed by atoms with Crippen LogP contribution in [0.2, 0.25) is 0 Å². The van der Waals surface area contributed by atoms with Crippen LogP contribution in [0.5, 0.6) is 0 Å². The Kier molecular flexibility index (Phi) is 3.97. The minimum absolute atomic E-state index is 0.0228. The Balaban J connectivity index is 1.83. The molecule has 2 aromatic carbocycles. The Labute approximate surface area is 135 Å². The molecule has 0 saturated heterocycles. The molecule has 0 fully saturated rings. The summed E-state index contributed by atoms with van der Waals surface area (Å²) in [5.74, 6) is -2.12. The Morgan fingerprint density at radius 3 is 2.54 bits per heavy atom. The number of hydrogen-bond acceptors (Lipinski definition) is 2. The Morgan fingerprint density at radius 1 is 1.08 bits per heavy atom. The number of carbonyl (C=O) groups is 2. The number of rotatable bonds is 2. The van der Waals surface area contributed by atoms with Gasteiger partial charge in [0.25, 0.3) is 0 Å². The van der Waals surface area contributed by atoms with Gasteiger partial charge in [0.1, 0.15) is 0 Å². The second-order valence-corrected chi connectivity index (χ2v) is 5.41. The van der Waals surface area contributed by atoms with Gasteiger partial charge in [-0.05, 0) is 29.3 Å². The van der Waals surface area contributed by atoms with Crippen LogP contribution < -0.4 is 5.32 Å². The van der Waals surface area contributed by atoms with E-state index >= 15 is 0 Å². The highest BCUT2D eigenvalue weighted by atomic mass is 19.4. The first-order valence-electron chi connectivity index (χ1n) is 7.16. The largest absolute Gasteiger partial charge is 0.471 e. The van der Waals surface area contributed by atoms with E-state index in [-0.39, 0.29) is 11.5 Å². The van der Waals surface area contributed by atoms with Gasteiger partial charge >= 0.3 is 12.1 Å². The second kappa shape index (κ2) is 5.96. The van der Waals surface area contributed by atoms with Crippen LogP contribution in [-0.2, 0) is 11.2 Å². The summed E-state index contributed by atoms with van der Waals surface area (Å²) >= 11 is 0. The summed E-state index contributed by atoms with van der Waals surface area (Å²) in [5.41, 5.74) is 2.71. The highest BCUT2D eigenvalue weighted by Crippen LogP contribution is 2.28. The molecule has 0 radical (unpaired) electrons. The molecule has 3 rings (SSSR count). The van der Waals surface area contributed by atoms with Crippen molar-refractivity contribution in [3.05, 3.63) is 70.8 Å². The molecule has 0 spiro atoms. The zero-order valence-corrected chi connectivity index (χ0v) is 12.4. The van der Waals surface area contributed by atoms with Gasteiger partial charge in [-0.2, -0.15) is 13.2 Å². The summed E-state index contributed by atoms with van der Waals surface area (Å²) in [6.45, 7) is 0. The zero-order valence-electron chi connectivity index (χ0n) is 12.4. The monoisotopic (exact) mass is 331 g/mol. The van der Waals surface area contributed by atoms with Crippen LogP contribution in [-0.4, -0.2) is 17.9 Å². The molecule has 0 heterocycles. The summed E-state index contributed by atoms with van der Waals surface area (Å²) in [4.78, 5) is 23.3. The maximum absolute atomic E-state index is 12.3. The Hall–Kier alpha value is -2.89. The number of ketones is 1. The molecule has 0 atom stereocenters. The first kappa shape index (κ1) is 16.0. The molecule has 2 aromatic rings. The van der Waals surface area contributed by atoms with Gasteiger partial charge < -0.3 is 5.32 Å². The van der Waals surface area contributed by atoms with Crippen LogP contribution in [0.15, 0.2) is 54.1 Å². The number of carbonyl (C=O) groups excluding carboxylic acids is 2. The quantitative estimate of drug-likeness (QED) is 0.845. The Bertz CT molecular complexity index is 853. The molecular formula is C18H12F3NO2. The van der Waals surface area contributed by atoms with Gasteiger partial charge in [-0.3, -0.25) is 9.59 Å². The number of anilines is 1. The summed E-state index contributed by atoms with van der Waals surface area (Å²) in [6, 6.07) is 13.2. The van der Waals surface area contributed by atoms with Crippen molar-refractivity contribution in [2.75, 3.05) is 5.32 Å². The van der Waals surface area contributed by atoms with Crippen molar-refractivity contribution in [3.8, 4) is 0 Å².